The Labute approximate surface area is 79.6 Å². The summed E-state index contributed by atoms with van der Waals surface area (Å²) in [6.45, 7) is 0. The van der Waals surface area contributed by atoms with Gasteiger partial charge in [0.15, 0.2) is 5.65 Å². The minimum atomic E-state index is 0.551. The van der Waals surface area contributed by atoms with Crippen LogP contribution < -0.4 is 0 Å². The lowest BCUT2D eigenvalue weighted by atomic mass is 10.4. The van der Waals surface area contributed by atoms with Crippen LogP contribution in [0.15, 0.2) is 12.4 Å². The molecule has 0 unspecified atom stereocenters. The van der Waals surface area contributed by atoms with Crippen LogP contribution in [0.1, 0.15) is 24.6 Å². The van der Waals surface area contributed by atoms with Gasteiger partial charge in [-0.3, -0.25) is 9.38 Å². The van der Waals surface area contributed by atoms with Gasteiger partial charge < -0.3 is 0 Å². The van der Waals surface area contributed by atoms with E-state index in [0.29, 0.717) is 11.1 Å². The lowest BCUT2D eigenvalue weighted by Gasteiger charge is -1.98. The molecule has 3 rings (SSSR count). The zero-order chi connectivity index (χ0) is 8.84. The summed E-state index contributed by atoms with van der Waals surface area (Å²) in [6.07, 6.45) is 5.67. The third-order valence-corrected chi connectivity index (χ3v) is 2.51. The van der Waals surface area contributed by atoms with Gasteiger partial charge in [0.1, 0.15) is 11.0 Å². The predicted octanol–water partition coefficient (Wildman–Crippen LogP) is 1.66. The molecule has 0 atom stereocenters. The van der Waals surface area contributed by atoms with E-state index in [2.05, 4.69) is 15.2 Å². The van der Waals surface area contributed by atoms with Crippen molar-refractivity contribution in [2.24, 2.45) is 0 Å². The van der Waals surface area contributed by atoms with Crippen LogP contribution in [0.2, 0.25) is 5.15 Å². The highest BCUT2D eigenvalue weighted by molar-refractivity contribution is 6.29. The summed E-state index contributed by atoms with van der Waals surface area (Å²) in [5, 5.41) is 8.70. The highest BCUT2D eigenvalue weighted by Crippen LogP contribution is 2.39. The highest BCUT2D eigenvalue weighted by Gasteiger charge is 2.29. The zero-order valence-electron chi connectivity index (χ0n) is 6.81. The Morgan fingerprint density at radius 1 is 1.31 bits per heavy atom. The van der Waals surface area contributed by atoms with E-state index in [1.165, 1.54) is 12.8 Å². The molecule has 1 saturated carbocycles. The molecule has 4 nitrogen and oxygen atoms in total. The zero-order valence-corrected chi connectivity index (χ0v) is 7.57. The summed E-state index contributed by atoms with van der Waals surface area (Å²) in [7, 11) is 0. The minimum absolute atomic E-state index is 0.551. The quantitative estimate of drug-likeness (QED) is 0.694. The molecule has 1 aliphatic carbocycles. The Kier molecular flexibility index (Phi) is 1.35. The monoisotopic (exact) mass is 194 g/mol. The van der Waals surface area contributed by atoms with Crippen molar-refractivity contribution in [2.45, 2.75) is 18.8 Å². The van der Waals surface area contributed by atoms with Gasteiger partial charge >= 0.3 is 0 Å². The standard InChI is InChI=1S/C8H7ClN4/c9-6-3-10-4-7-11-12-8(13(6)7)5-1-2-5/h3-5H,1-2H2. The van der Waals surface area contributed by atoms with E-state index in [9.17, 15) is 0 Å². The SMILES string of the molecule is Clc1cncc2nnc(C3CC3)n12. The Morgan fingerprint density at radius 3 is 2.92 bits per heavy atom. The third-order valence-electron chi connectivity index (χ3n) is 2.24. The number of aromatic nitrogens is 4. The first-order chi connectivity index (χ1) is 6.36. The van der Waals surface area contributed by atoms with E-state index in [-0.39, 0.29) is 0 Å². The first-order valence-corrected chi connectivity index (χ1v) is 4.58. The lowest BCUT2D eigenvalue weighted by Crippen LogP contribution is -1.94. The molecule has 2 aromatic heterocycles. The molecule has 2 aromatic rings. The molecule has 0 aliphatic heterocycles. The van der Waals surface area contributed by atoms with Gasteiger partial charge in [0.25, 0.3) is 0 Å². The fourth-order valence-electron chi connectivity index (χ4n) is 1.44. The molecule has 0 bridgehead atoms. The molecule has 5 heteroatoms. The molecule has 0 saturated heterocycles. The molecule has 0 N–H and O–H groups in total. The largest absolute Gasteiger partial charge is 0.266 e. The van der Waals surface area contributed by atoms with Crippen LogP contribution in [-0.4, -0.2) is 19.6 Å². The lowest BCUT2D eigenvalue weighted by molar-refractivity contribution is 0.895. The van der Waals surface area contributed by atoms with Crippen molar-refractivity contribution in [3.05, 3.63) is 23.4 Å². The van der Waals surface area contributed by atoms with Crippen molar-refractivity contribution < 1.29 is 0 Å². The molecular formula is C8H7ClN4. The molecule has 1 fully saturated rings. The third kappa shape index (κ3) is 1.02. The van der Waals surface area contributed by atoms with Crippen LogP contribution in [0.4, 0.5) is 0 Å². The molecule has 0 radical (unpaired) electrons. The van der Waals surface area contributed by atoms with Gasteiger partial charge in [-0.15, -0.1) is 10.2 Å². The number of nitrogens with zero attached hydrogens (tertiary/aromatic N) is 4. The molecule has 0 amide bonds. The molecule has 0 spiro atoms. The summed E-state index contributed by atoms with van der Waals surface area (Å²) in [5.74, 6) is 1.53. The van der Waals surface area contributed by atoms with Crippen LogP contribution in [-0.2, 0) is 0 Å². The average Bonchev–Trinajstić information content (AvgIpc) is 2.87. The normalized spacial score (nSPS) is 16.7. The van der Waals surface area contributed by atoms with Gasteiger partial charge in [0.2, 0.25) is 0 Å². The van der Waals surface area contributed by atoms with E-state index < -0.39 is 0 Å². The van der Waals surface area contributed by atoms with Crippen molar-refractivity contribution in [3.8, 4) is 0 Å². The predicted molar refractivity (Wildman–Crippen MR) is 47.8 cm³/mol. The Bertz CT molecular complexity index is 460. The number of halogens is 1. The second-order valence-corrected chi connectivity index (χ2v) is 3.64. The fourth-order valence-corrected chi connectivity index (χ4v) is 1.67. The molecule has 66 valence electrons. The van der Waals surface area contributed by atoms with Crippen molar-refractivity contribution in [2.75, 3.05) is 0 Å². The van der Waals surface area contributed by atoms with E-state index in [1.54, 1.807) is 12.4 Å². The average molecular weight is 195 g/mol. The smallest absolute Gasteiger partial charge is 0.180 e. The van der Waals surface area contributed by atoms with E-state index >= 15 is 0 Å². The maximum absolute atomic E-state index is 6.00. The first kappa shape index (κ1) is 7.26. The van der Waals surface area contributed by atoms with Gasteiger partial charge in [0, 0.05) is 5.92 Å². The topological polar surface area (TPSA) is 43.1 Å². The van der Waals surface area contributed by atoms with Gasteiger partial charge in [-0.05, 0) is 12.8 Å². The second kappa shape index (κ2) is 2.42. The van der Waals surface area contributed by atoms with Crippen molar-refractivity contribution in [1.82, 2.24) is 19.6 Å². The van der Waals surface area contributed by atoms with Crippen LogP contribution >= 0.6 is 11.6 Å². The minimum Gasteiger partial charge on any atom is -0.266 e. The Hall–Kier alpha value is -1.16. The Morgan fingerprint density at radius 2 is 2.15 bits per heavy atom. The van der Waals surface area contributed by atoms with Crippen LogP contribution in [0.3, 0.4) is 0 Å². The van der Waals surface area contributed by atoms with E-state index in [4.69, 9.17) is 11.6 Å². The highest BCUT2D eigenvalue weighted by atomic mass is 35.5. The maximum Gasteiger partial charge on any atom is 0.180 e. The van der Waals surface area contributed by atoms with Crippen molar-refractivity contribution in [1.29, 1.82) is 0 Å². The van der Waals surface area contributed by atoms with E-state index in [1.807, 2.05) is 4.40 Å². The summed E-state index contributed by atoms with van der Waals surface area (Å²) in [4.78, 5) is 3.95. The first-order valence-electron chi connectivity index (χ1n) is 4.21. The van der Waals surface area contributed by atoms with Gasteiger partial charge in [-0.2, -0.15) is 0 Å². The second-order valence-electron chi connectivity index (χ2n) is 3.26. The van der Waals surface area contributed by atoms with Gasteiger partial charge in [-0.1, -0.05) is 11.6 Å². The molecule has 0 aromatic carbocycles. The molecule has 13 heavy (non-hydrogen) atoms. The van der Waals surface area contributed by atoms with E-state index in [0.717, 1.165) is 11.5 Å². The maximum atomic E-state index is 6.00. The summed E-state index contributed by atoms with van der Waals surface area (Å²) in [5.41, 5.74) is 0.731. The van der Waals surface area contributed by atoms with Crippen LogP contribution in [0, 0.1) is 0 Å². The summed E-state index contributed by atoms with van der Waals surface area (Å²) >= 11 is 6.00. The molecule has 2 heterocycles. The van der Waals surface area contributed by atoms with Gasteiger partial charge in [0.05, 0.1) is 12.4 Å². The number of hydrogen-bond donors (Lipinski definition) is 0. The number of hydrogen-bond acceptors (Lipinski definition) is 3. The number of rotatable bonds is 1. The van der Waals surface area contributed by atoms with Gasteiger partial charge in [-0.25, -0.2) is 0 Å². The molecular weight excluding hydrogens is 188 g/mol. The molecule has 1 aliphatic rings. The summed E-state index contributed by atoms with van der Waals surface area (Å²) < 4.78 is 1.87. The van der Waals surface area contributed by atoms with Crippen LogP contribution in [0.5, 0.6) is 0 Å². The fraction of sp³-hybridized carbons (Fsp3) is 0.375. The number of fused-ring (bicyclic) bond motifs is 1. The summed E-state index contributed by atoms with van der Waals surface area (Å²) in [6, 6.07) is 0. The Balaban J connectivity index is 2.34. The van der Waals surface area contributed by atoms with Crippen LogP contribution in [0.25, 0.3) is 5.65 Å². The van der Waals surface area contributed by atoms with Crippen molar-refractivity contribution in [3.63, 3.8) is 0 Å². The van der Waals surface area contributed by atoms with Crippen molar-refractivity contribution >= 4 is 17.2 Å².